The lowest BCUT2D eigenvalue weighted by atomic mass is 10.1. The lowest BCUT2D eigenvalue weighted by molar-refractivity contribution is -0.123. The average Bonchev–Trinajstić information content (AvgIpc) is 2.45. The van der Waals surface area contributed by atoms with Gasteiger partial charge in [0.05, 0.1) is 11.6 Å². The fourth-order valence-electron chi connectivity index (χ4n) is 1.48. The first-order chi connectivity index (χ1) is 9.19. The van der Waals surface area contributed by atoms with Crippen LogP contribution < -0.4 is 10.1 Å². The number of nitriles is 1. The summed E-state index contributed by atoms with van der Waals surface area (Å²) in [6.07, 6.45) is 6.51. The van der Waals surface area contributed by atoms with Crippen LogP contribution in [0, 0.1) is 23.7 Å². The minimum absolute atomic E-state index is 0.0120. The molecule has 0 aliphatic carbocycles. The lowest BCUT2D eigenvalue weighted by Gasteiger charge is -2.14. The van der Waals surface area contributed by atoms with Crippen molar-refractivity contribution in [3.63, 3.8) is 0 Å². The molecule has 1 aromatic carbocycles. The molecule has 0 radical (unpaired) electrons. The summed E-state index contributed by atoms with van der Waals surface area (Å²) in [5, 5.41) is 11.5. The maximum absolute atomic E-state index is 11.6. The number of amides is 1. The van der Waals surface area contributed by atoms with E-state index in [0.717, 1.165) is 6.42 Å². The molecule has 4 nitrogen and oxygen atoms in total. The van der Waals surface area contributed by atoms with Crippen molar-refractivity contribution < 1.29 is 9.53 Å². The van der Waals surface area contributed by atoms with Crippen molar-refractivity contribution in [1.82, 2.24) is 5.32 Å². The number of carbonyl (C=O) groups is 1. The van der Waals surface area contributed by atoms with Gasteiger partial charge < -0.3 is 10.1 Å². The van der Waals surface area contributed by atoms with E-state index in [1.54, 1.807) is 24.3 Å². The van der Waals surface area contributed by atoms with E-state index in [2.05, 4.69) is 11.2 Å². The summed E-state index contributed by atoms with van der Waals surface area (Å²) in [6.45, 7) is 1.90. The molecule has 0 bridgehead atoms. The van der Waals surface area contributed by atoms with Gasteiger partial charge in [0.1, 0.15) is 5.75 Å². The number of ether oxygens (including phenoxy) is 1. The van der Waals surface area contributed by atoms with Crippen molar-refractivity contribution >= 4 is 5.91 Å². The predicted molar refractivity (Wildman–Crippen MR) is 72.3 cm³/mol. The summed E-state index contributed by atoms with van der Waals surface area (Å²) in [7, 11) is 0. The molecular weight excluding hydrogens is 240 g/mol. The maximum atomic E-state index is 11.6. The van der Waals surface area contributed by atoms with Crippen molar-refractivity contribution in [3.8, 4) is 24.2 Å². The number of nitrogens with zero attached hydrogens (tertiary/aromatic N) is 1. The monoisotopic (exact) mass is 256 g/mol. The molecular formula is C15H16N2O2. The van der Waals surface area contributed by atoms with Crippen LogP contribution in [0.25, 0.3) is 0 Å². The normalized spacial score (nSPS) is 10.9. The zero-order valence-electron chi connectivity index (χ0n) is 10.8. The molecule has 0 aromatic heterocycles. The van der Waals surface area contributed by atoms with E-state index < -0.39 is 0 Å². The SMILES string of the molecule is C#CCC(CC)NC(=O)COc1ccc(C#N)cc1. The summed E-state index contributed by atoms with van der Waals surface area (Å²) >= 11 is 0. The Kier molecular flexibility index (Phi) is 5.98. The van der Waals surface area contributed by atoms with E-state index in [1.165, 1.54) is 0 Å². The summed E-state index contributed by atoms with van der Waals surface area (Å²) in [5.74, 6) is 2.88. The number of hydrogen-bond donors (Lipinski definition) is 1. The highest BCUT2D eigenvalue weighted by Gasteiger charge is 2.09. The fourth-order valence-corrected chi connectivity index (χ4v) is 1.48. The summed E-state index contributed by atoms with van der Waals surface area (Å²) in [6, 6.07) is 8.59. The number of benzene rings is 1. The van der Waals surface area contributed by atoms with Gasteiger partial charge in [-0.15, -0.1) is 12.3 Å². The first-order valence-electron chi connectivity index (χ1n) is 6.05. The molecule has 1 amide bonds. The van der Waals surface area contributed by atoms with Crippen LogP contribution in [-0.4, -0.2) is 18.6 Å². The van der Waals surface area contributed by atoms with Crippen LogP contribution in [0.2, 0.25) is 0 Å². The van der Waals surface area contributed by atoms with Crippen molar-refractivity contribution in [2.24, 2.45) is 0 Å². The number of carbonyl (C=O) groups excluding carboxylic acids is 1. The molecule has 0 aliphatic rings. The highest BCUT2D eigenvalue weighted by Crippen LogP contribution is 2.11. The Labute approximate surface area is 113 Å². The molecule has 0 aliphatic heterocycles. The summed E-state index contributed by atoms with van der Waals surface area (Å²) in [4.78, 5) is 11.6. The molecule has 4 heteroatoms. The standard InChI is InChI=1S/C15H16N2O2/c1-3-5-13(4-2)17-15(18)11-19-14-8-6-12(10-16)7-9-14/h1,6-9,13H,4-5,11H2,2H3,(H,17,18). The molecule has 0 saturated heterocycles. The highest BCUT2D eigenvalue weighted by atomic mass is 16.5. The van der Waals surface area contributed by atoms with Crippen LogP contribution in [0.1, 0.15) is 25.3 Å². The van der Waals surface area contributed by atoms with Crippen molar-refractivity contribution in [2.75, 3.05) is 6.61 Å². The van der Waals surface area contributed by atoms with Crippen LogP contribution in [0.3, 0.4) is 0 Å². The van der Waals surface area contributed by atoms with Crippen LogP contribution >= 0.6 is 0 Å². The van der Waals surface area contributed by atoms with Gasteiger partial charge in [-0.1, -0.05) is 6.92 Å². The Balaban J connectivity index is 2.41. The van der Waals surface area contributed by atoms with Crippen molar-refractivity contribution in [3.05, 3.63) is 29.8 Å². The van der Waals surface area contributed by atoms with Gasteiger partial charge in [-0.3, -0.25) is 4.79 Å². The second kappa shape index (κ2) is 7.79. The van der Waals surface area contributed by atoms with E-state index in [4.69, 9.17) is 16.4 Å². The van der Waals surface area contributed by atoms with Crippen molar-refractivity contribution in [2.45, 2.75) is 25.8 Å². The van der Waals surface area contributed by atoms with Crippen LogP contribution in [0.5, 0.6) is 5.75 Å². The van der Waals surface area contributed by atoms with Gasteiger partial charge in [0.2, 0.25) is 0 Å². The topological polar surface area (TPSA) is 62.1 Å². The number of hydrogen-bond acceptors (Lipinski definition) is 3. The number of rotatable bonds is 6. The van der Waals surface area contributed by atoms with E-state index in [0.29, 0.717) is 17.7 Å². The number of nitrogens with one attached hydrogen (secondary N) is 1. The molecule has 1 atom stereocenters. The molecule has 19 heavy (non-hydrogen) atoms. The van der Waals surface area contributed by atoms with Gasteiger partial charge in [-0.05, 0) is 30.7 Å². The average molecular weight is 256 g/mol. The zero-order chi connectivity index (χ0) is 14.1. The van der Waals surface area contributed by atoms with Gasteiger partial charge in [0.15, 0.2) is 6.61 Å². The predicted octanol–water partition coefficient (Wildman–Crippen LogP) is 1.86. The van der Waals surface area contributed by atoms with Gasteiger partial charge in [0.25, 0.3) is 5.91 Å². The van der Waals surface area contributed by atoms with E-state index >= 15 is 0 Å². The van der Waals surface area contributed by atoms with Gasteiger partial charge in [-0.25, -0.2) is 0 Å². The first kappa shape index (κ1) is 14.6. The Morgan fingerprint density at radius 1 is 1.47 bits per heavy atom. The van der Waals surface area contributed by atoms with Crippen LogP contribution in [0.15, 0.2) is 24.3 Å². The van der Waals surface area contributed by atoms with E-state index in [1.807, 2.05) is 13.0 Å². The Morgan fingerprint density at radius 2 is 2.16 bits per heavy atom. The molecule has 0 saturated carbocycles. The smallest absolute Gasteiger partial charge is 0.258 e. The minimum atomic E-state index is -0.202. The maximum Gasteiger partial charge on any atom is 0.258 e. The molecule has 1 aromatic rings. The highest BCUT2D eigenvalue weighted by molar-refractivity contribution is 5.77. The molecule has 1 unspecified atom stereocenters. The van der Waals surface area contributed by atoms with Gasteiger partial charge in [-0.2, -0.15) is 5.26 Å². The van der Waals surface area contributed by atoms with Crippen LogP contribution in [-0.2, 0) is 4.79 Å². The van der Waals surface area contributed by atoms with Crippen molar-refractivity contribution in [1.29, 1.82) is 5.26 Å². The molecule has 0 spiro atoms. The third kappa shape index (κ3) is 5.14. The molecule has 0 heterocycles. The third-order valence-electron chi connectivity index (χ3n) is 2.58. The minimum Gasteiger partial charge on any atom is -0.484 e. The first-order valence-corrected chi connectivity index (χ1v) is 6.05. The third-order valence-corrected chi connectivity index (χ3v) is 2.58. The Hall–Kier alpha value is -2.46. The van der Waals surface area contributed by atoms with Crippen LogP contribution in [0.4, 0.5) is 0 Å². The second-order valence-corrected chi connectivity index (χ2v) is 4.01. The van der Waals surface area contributed by atoms with E-state index in [9.17, 15) is 4.79 Å². The van der Waals surface area contributed by atoms with E-state index in [-0.39, 0.29) is 18.6 Å². The Bertz CT molecular complexity index is 494. The second-order valence-electron chi connectivity index (χ2n) is 4.01. The number of terminal acetylenes is 1. The molecule has 1 rings (SSSR count). The lowest BCUT2D eigenvalue weighted by Crippen LogP contribution is -2.37. The van der Waals surface area contributed by atoms with Gasteiger partial charge in [0, 0.05) is 12.5 Å². The Morgan fingerprint density at radius 3 is 2.68 bits per heavy atom. The zero-order valence-corrected chi connectivity index (χ0v) is 10.8. The largest absolute Gasteiger partial charge is 0.484 e. The summed E-state index contributed by atoms with van der Waals surface area (Å²) < 4.78 is 5.32. The molecule has 98 valence electrons. The molecule has 1 N–H and O–H groups in total. The van der Waals surface area contributed by atoms with Gasteiger partial charge >= 0.3 is 0 Å². The fraction of sp³-hybridized carbons (Fsp3) is 0.333. The quantitative estimate of drug-likeness (QED) is 0.790. The summed E-state index contributed by atoms with van der Waals surface area (Å²) in [5.41, 5.74) is 0.553. The molecule has 0 fully saturated rings.